The van der Waals surface area contributed by atoms with E-state index in [0.717, 1.165) is 6.07 Å². The minimum atomic E-state index is -4.15. The summed E-state index contributed by atoms with van der Waals surface area (Å²) in [5, 5.41) is 4.56. The van der Waals surface area contributed by atoms with E-state index in [2.05, 4.69) is 9.32 Å². The van der Waals surface area contributed by atoms with Crippen molar-refractivity contribution in [2.24, 2.45) is 5.14 Å². The quantitative estimate of drug-likeness (QED) is 0.773. The van der Waals surface area contributed by atoms with Gasteiger partial charge >= 0.3 is 10.3 Å². The molecule has 0 aromatic heterocycles. The first kappa shape index (κ1) is 9.94. The second kappa shape index (κ2) is 3.31. The van der Waals surface area contributed by atoms with Gasteiger partial charge in [-0.2, -0.15) is 13.6 Å². The summed E-state index contributed by atoms with van der Waals surface area (Å²) < 4.78 is 38.0. The van der Waals surface area contributed by atoms with E-state index in [9.17, 15) is 12.8 Å². The molecule has 0 saturated heterocycles. The molecule has 0 radical (unpaired) electrons. The minimum Gasteiger partial charge on any atom is -0.368 e. The summed E-state index contributed by atoms with van der Waals surface area (Å²) in [7, 11) is -4.15. The van der Waals surface area contributed by atoms with Crippen LogP contribution in [0.4, 0.5) is 4.39 Å². The number of aryl methyl sites for hydroxylation is 1. The standard InChI is InChI=1S/C7H8FNO3S/c1-5-2-3-7(6(8)4-5)12-13(9,10)11/h2-4H,1H3,(H2,9,10,11). The van der Waals surface area contributed by atoms with Gasteiger partial charge in [0.05, 0.1) is 0 Å². The van der Waals surface area contributed by atoms with Crippen molar-refractivity contribution in [3.05, 3.63) is 29.6 Å². The van der Waals surface area contributed by atoms with E-state index in [1.165, 1.54) is 12.1 Å². The van der Waals surface area contributed by atoms with Crippen molar-refractivity contribution < 1.29 is 17.0 Å². The molecule has 13 heavy (non-hydrogen) atoms. The molecule has 72 valence electrons. The van der Waals surface area contributed by atoms with Crippen molar-refractivity contribution in [1.29, 1.82) is 0 Å². The number of hydrogen-bond acceptors (Lipinski definition) is 3. The maximum absolute atomic E-state index is 12.9. The first-order valence-corrected chi connectivity index (χ1v) is 4.84. The van der Waals surface area contributed by atoms with Crippen LogP contribution in [0.5, 0.6) is 5.75 Å². The van der Waals surface area contributed by atoms with Crippen LogP contribution >= 0.6 is 0 Å². The Morgan fingerprint density at radius 2 is 2.08 bits per heavy atom. The van der Waals surface area contributed by atoms with Crippen LogP contribution in [-0.2, 0) is 10.3 Å². The van der Waals surface area contributed by atoms with Gasteiger partial charge in [0.1, 0.15) is 0 Å². The van der Waals surface area contributed by atoms with Crippen molar-refractivity contribution in [3.63, 3.8) is 0 Å². The van der Waals surface area contributed by atoms with Crippen LogP contribution < -0.4 is 9.32 Å². The third kappa shape index (κ3) is 3.00. The lowest BCUT2D eigenvalue weighted by Gasteiger charge is -2.03. The van der Waals surface area contributed by atoms with Gasteiger partial charge in [0.2, 0.25) is 0 Å². The van der Waals surface area contributed by atoms with E-state index in [0.29, 0.717) is 5.56 Å². The fourth-order valence-electron chi connectivity index (χ4n) is 0.799. The zero-order valence-electron chi connectivity index (χ0n) is 6.82. The molecule has 0 spiro atoms. The van der Waals surface area contributed by atoms with Crippen LogP contribution in [-0.4, -0.2) is 8.42 Å². The van der Waals surface area contributed by atoms with E-state index in [1.54, 1.807) is 6.92 Å². The normalized spacial score (nSPS) is 11.3. The highest BCUT2D eigenvalue weighted by Gasteiger charge is 2.09. The average Bonchev–Trinajstić information content (AvgIpc) is 1.93. The molecule has 0 unspecified atom stereocenters. The summed E-state index contributed by atoms with van der Waals surface area (Å²) in [5.41, 5.74) is 0.666. The summed E-state index contributed by atoms with van der Waals surface area (Å²) in [6, 6.07) is 3.87. The Bertz CT molecular complexity index is 416. The fraction of sp³-hybridized carbons (Fsp3) is 0.143. The SMILES string of the molecule is Cc1ccc(OS(N)(=O)=O)c(F)c1. The summed E-state index contributed by atoms with van der Waals surface area (Å²) in [6.07, 6.45) is 0. The molecule has 2 N–H and O–H groups in total. The molecule has 4 nitrogen and oxygen atoms in total. The van der Waals surface area contributed by atoms with Gasteiger partial charge in [0.15, 0.2) is 11.6 Å². The molecule has 1 rings (SSSR count). The van der Waals surface area contributed by atoms with Crippen LogP contribution in [0.1, 0.15) is 5.56 Å². The highest BCUT2D eigenvalue weighted by atomic mass is 32.2. The smallest absolute Gasteiger partial charge is 0.368 e. The molecule has 0 bridgehead atoms. The lowest BCUT2D eigenvalue weighted by atomic mass is 10.2. The molecule has 0 atom stereocenters. The van der Waals surface area contributed by atoms with Crippen molar-refractivity contribution in [3.8, 4) is 5.75 Å². The Balaban J connectivity index is 3.04. The average molecular weight is 205 g/mol. The van der Waals surface area contributed by atoms with Crippen molar-refractivity contribution in [2.45, 2.75) is 6.92 Å². The van der Waals surface area contributed by atoms with Crippen molar-refractivity contribution >= 4 is 10.3 Å². The molecule has 0 aliphatic rings. The maximum atomic E-state index is 12.9. The number of nitrogens with two attached hydrogens (primary N) is 1. The van der Waals surface area contributed by atoms with Gasteiger partial charge in [0.25, 0.3) is 0 Å². The second-order valence-corrected chi connectivity index (χ2v) is 3.66. The largest absolute Gasteiger partial charge is 0.380 e. The Morgan fingerprint density at radius 3 is 2.54 bits per heavy atom. The van der Waals surface area contributed by atoms with Crippen LogP contribution in [0.25, 0.3) is 0 Å². The first-order valence-electron chi connectivity index (χ1n) is 3.37. The summed E-state index contributed by atoms with van der Waals surface area (Å²) in [6.45, 7) is 1.67. The zero-order chi connectivity index (χ0) is 10.1. The number of rotatable bonds is 2. The van der Waals surface area contributed by atoms with Crippen LogP contribution in [0.3, 0.4) is 0 Å². The molecule has 1 aromatic carbocycles. The Morgan fingerprint density at radius 1 is 1.46 bits per heavy atom. The molecule has 0 aliphatic carbocycles. The number of hydrogen-bond donors (Lipinski definition) is 1. The molecule has 0 aliphatic heterocycles. The predicted octanol–water partition coefficient (Wildman–Crippen LogP) is 0.716. The molecular formula is C7H8FNO3S. The fourth-order valence-corrected chi connectivity index (χ4v) is 1.18. The van der Waals surface area contributed by atoms with Crippen molar-refractivity contribution in [1.82, 2.24) is 0 Å². The maximum Gasteiger partial charge on any atom is 0.380 e. The van der Waals surface area contributed by atoms with Crippen LogP contribution in [0.2, 0.25) is 0 Å². The van der Waals surface area contributed by atoms with Crippen LogP contribution in [0, 0.1) is 12.7 Å². The highest BCUT2D eigenvalue weighted by Crippen LogP contribution is 2.18. The van der Waals surface area contributed by atoms with E-state index in [-0.39, 0.29) is 0 Å². The predicted molar refractivity (Wildman–Crippen MR) is 44.9 cm³/mol. The van der Waals surface area contributed by atoms with E-state index in [1.807, 2.05) is 0 Å². The Kier molecular flexibility index (Phi) is 2.53. The second-order valence-electron chi connectivity index (χ2n) is 2.51. The molecular weight excluding hydrogens is 197 g/mol. The number of benzene rings is 1. The minimum absolute atomic E-state index is 0.395. The van der Waals surface area contributed by atoms with E-state index in [4.69, 9.17) is 0 Å². The third-order valence-electron chi connectivity index (χ3n) is 1.29. The summed E-state index contributed by atoms with van der Waals surface area (Å²) >= 11 is 0. The highest BCUT2D eigenvalue weighted by molar-refractivity contribution is 7.84. The Labute approximate surface area is 75.4 Å². The molecule has 0 amide bonds. The molecule has 6 heteroatoms. The number of halogens is 1. The van der Waals surface area contributed by atoms with Crippen LogP contribution in [0.15, 0.2) is 18.2 Å². The van der Waals surface area contributed by atoms with Gasteiger partial charge in [-0.25, -0.2) is 4.39 Å². The summed E-state index contributed by atoms with van der Waals surface area (Å²) in [4.78, 5) is 0. The third-order valence-corrected chi connectivity index (χ3v) is 1.71. The Hall–Kier alpha value is -1.14. The monoisotopic (exact) mass is 205 g/mol. The van der Waals surface area contributed by atoms with E-state index < -0.39 is 21.9 Å². The van der Waals surface area contributed by atoms with Gasteiger partial charge in [-0.3, -0.25) is 0 Å². The molecule has 1 aromatic rings. The molecule has 0 heterocycles. The van der Waals surface area contributed by atoms with Gasteiger partial charge in [-0.1, -0.05) is 6.07 Å². The lowest BCUT2D eigenvalue weighted by Crippen LogP contribution is -2.19. The topological polar surface area (TPSA) is 69.4 Å². The van der Waals surface area contributed by atoms with Gasteiger partial charge in [-0.15, -0.1) is 0 Å². The molecule has 0 fully saturated rings. The molecule has 0 saturated carbocycles. The van der Waals surface area contributed by atoms with E-state index >= 15 is 0 Å². The zero-order valence-corrected chi connectivity index (χ0v) is 7.64. The van der Waals surface area contributed by atoms with Gasteiger partial charge in [0, 0.05) is 0 Å². The summed E-state index contributed by atoms with van der Waals surface area (Å²) in [5.74, 6) is -1.15. The first-order chi connectivity index (χ1) is 5.88. The van der Waals surface area contributed by atoms with Gasteiger partial charge < -0.3 is 4.18 Å². The lowest BCUT2D eigenvalue weighted by molar-refractivity contribution is 0.462. The van der Waals surface area contributed by atoms with Crippen molar-refractivity contribution in [2.75, 3.05) is 0 Å². The van der Waals surface area contributed by atoms with Gasteiger partial charge in [-0.05, 0) is 24.6 Å².